The molecule has 0 aliphatic carbocycles. The lowest BCUT2D eigenvalue weighted by Crippen LogP contribution is -2.52. The summed E-state index contributed by atoms with van der Waals surface area (Å²) < 4.78 is 0. The van der Waals surface area contributed by atoms with Crippen molar-refractivity contribution >= 4 is 23.8 Å². The number of nitrogens with two attached hydrogens (primary N) is 1. The van der Waals surface area contributed by atoms with Gasteiger partial charge in [0.15, 0.2) is 0 Å². The Labute approximate surface area is 117 Å². The molecule has 5 N–H and O–H groups in total. The first-order valence-electron chi connectivity index (χ1n) is 6.25. The van der Waals surface area contributed by atoms with Gasteiger partial charge >= 0.3 is 12.0 Å². The molecule has 0 radical (unpaired) electrons. The molecule has 0 spiro atoms. The molecule has 0 bridgehead atoms. The van der Waals surface area contributed by atoms with Crippen molar-refractivity contribution in [3.8, 4) is 0 Å². The number of hydrogen-bond donors (Lipinski definition) is 4. The number of imide groups is 1. The van der Waals surface area contributed by atoms with E-state index in [0.717, 1.165) is 0 Å². The van der Waals surface area contributed by atoms with Crippen LogP contribution in [0.5, 0.6) is 0 Å². The Morgan fingerprint density at radius 1 is 1.10 bits per heavy atom. The van der Waals surface area contributed by atoms with Crippen LogP contribution in [0.1, 0.15) is 33.6 Å². The van der Waals surface area contributed by atoms with Gasteiger partial charge in [-0.1, -0.05) is 20.8 Å². The molecule has 0 aromatic carbocycles. The molecule has 0 heterocycles. The van der Waals surface area contributed by atoms with E-state index in [4.69, 9.17) is 10.8 Å². The van der Waals surface area contributed by atoms with Crippen LogP contribution in [0.3, 0.4) is 0 Å². The fourth-order valence-electron chi connectivity index (χ4n) is 1.61. The highest BCUT2D eigenvalue weighted by atomic mass is 16.4. The van der Waals surface area contributed by atoms with Crippen LogP contribution >= 0.6 is 0 Å². The van der Waals surface area contributed by atoms with Crippen molar-refractivity contribution in [3.05, 3.63) is 0 Å². The van der Waals surface area contributed by atoms with Gasteiger partial charge in [0.2, 0.25) is 11.8 Å². The van der Waals surface area contributed by atoms with E-state index in [9.17, 15) is 19.2 Å². The molecule has 0 saturated heterocycles. The number of carboxylic acids is 1. The maximum absolute atomic E-state index is 11.5. The van der Waals surface area contributed by atoms with Crippen molar-refractivity contribution in [3.63, 3.8) is 0 Å². The average molecular weight is 287 g/mol. The van der Waals surface area contributed by atoms with E-state index < -0.39 is 35.8 Å². The molecule has 0 aliphatic rings. The number of rotatable bonds is 7. The topological polar surface area (TPSA) is 139 Å². The number of carbonyl (C=O) groups excluding carboxylic acids is 3. The molecule has 2 atom stereocenters. The van der Waals surface area contributed by atoms with Gasteiger partial charge in [-0.25, -0.2) is 4.79 Å². The number of primary amides is 1. The summed E-state index contributed by atoms with van der Waals surface area (Å²) >= 11 is 0. The maximum Gasteiger partial charge on any atom is 0.322 e. The second-order valence-corrected chi connectivity index (χ2v) is 5.05. The molecule has 0 fully saturated rings. The third-order valence-electron chi connectivity index (χ3n) is 2.57. The number of carbonyl (C=O) groups is 4. The second kappa shape index (κ2) is 8.13. The smallest absolute Gasteiger partial charge is 0.322 e. The molecule has 0 saturated carbocycles. The van der Waals surface area contributed by atoms with Gasteiger partial charge in [0, 0.05) is 12.8 Å². The number of aliphatic carboxylic acids is 1. The highest BCUT2D eigenvalue weighted by Gasteiger charge is 2.22. The molecule has 4 amide bonds. The fourth-order valence-corrected chi connectivity index (χ4v) is 1.61. The molecule has 0 aliphatic heterocycles. The predicted octanol–water partition coefficient (Wildman–Crippen LogP) is -0.177. The Balaban J connectivity index is 4.29. The minimum Gasteiger partial charge on any atom is -0.481 e. The van der Waals surface area contributed by atoms with Gasteiger partial charge in [-0.2, -0.15) is 0 Å². The van der Waals surface area contributed by atoms with Crippen LogP contribution < -0.4 is 16.4 Å². The molecular weight excluding hydrogens is 266 g/mol. The standard InChI is InChI=1S/C12H21N3O5/c1-6(2)10(11(13)19)15-12(20)14-8(16)4-7(3)5-9(17)18/h6-7,10H,4-5H2,1-3H3,(H2,13,19)(H,17,18)(H2,14,15,16,20). The molecular formula is C12H21N3O5. The number of carboxylic acid groups (broad SMARTS) is 1. The number of nitrogens with one attached hydrogen (secondary N) is 2. The molecule has 0 aromatic rings. The van der Waals surface area contributed by atoms with Crippen molar-refractivity contribution in [2.24, 2.45) is 17.6 Å². The van der Waals surface area contributed by atoms with Crippen LogP contribution in [0.15, 0.2) is 0 Å². The largest absolute Gasteiger partial charge is 0.481 e. The lowest BCUT2D eigenvalue weighted by Gasteiger charge is -2.19. The minimum atomic E-state index is -1.01. The molecule has 8 nitrogen and oxygen atoms in total. The third-order valence-corrected chi connectivity index (χ3v) is 2.57. The van der Waals surface area contributed by atoms with Crippen molar-refractivity contribution in [1.82, 2.24) is 10.6 Å². The van der Waals surface area contributed by atoms with E-state index >= 15 is 0 Å². The van der Waals surface area contributed by atoms with Gasteiger partial charge in [0.05, 0.1) is 0 Å². The molecule has 2 unspecified atom stereocenters. The number of urea groups is 1. The Morgan fingerprint density at radius 2 is 1.65 bits per heavy atom. The summed E-state index contributed by atoms with van der Waals surface area (Å²) in [7, 11) is 0. The van der Waals surface area contributed by atoms with E-state index in [1.165, 1.54) is 0 Å². The van der Waals surface area contributed by atoms with Gasteiger partial charge in [-0.3, -0.25) is 19.7 Å². The maximum atomic E-state index is 11.5. The van der Waals surface area contributed by atoms with Crippen LogP contribution in [-0.4, -0.2) is 35.0 Å². The fraction of sp³-hybridized carbons (Fsp3) is 0.667. The van der Waals surface area contributed by atoms with Gasteiger partial charge in [-0.15, -0.1) is 0 Å². The van der Waals surface area contributed by atoms with E-state index in [1.807, 2.05) is 5.32 Å². The van der Waals surface area contributed by atoms with Crippen molar-refractivity contribution in [1.29, 1.82) is 0 Å². The first kappa shape index (κ1) is 17.9. The van der Waals surface area contributed by atoms with Gasteiger partial charge in [0.25, 0.3) is 0 Å². The zero-order chi connectivity index (χ0) is 15.9. The molecule has 114 valence electrons. The van der Waals surface area contributed by atoms with E-state index in [0.29, 0.717) is 0 Å². The summed E-state index contributed by atoms with van der Waals surface area (Å²) in [4.78, 5) is 44.5. The van der Waals surface area contributed by atoms with Crippen LogP contribution in [0.2, 0.25) is 0 Å². The van der Waals surface area contributed by atoms with Crippen molar-refractivity contribution in [2.45, 2.75) is 39.7 Å². The number of hydrogen-bond acceptors (Lipinski definition) is 4. The molecule has 0 aromatic heterocycles. The lowest BCUT2D eigenvalue weighted by atomic mass is 10.0. The second-order valence-electron chi connectivity index (χ2n) is 5.05. The Hall–Kier alpha value is -2.12. The van der Waals surface area contributed by atoms with E-state index in [1.54, 1.807) is 20.8 Å². The normalized spacial score (nSPS) is 13.4. The van der Waals surface area contributed by atoms with Crippen LogP contribution in [0.4, 0.5) is 4.79 Å². The SMILES string of the molecule is CC(CC(=O)O)CC(=O)NC(=O)NC(C(N)=O)C(C)C. The summed E-state index contributed by atoms with van der Waals surface area (Å²) in [5, 5.41) is 12.9. The third kappa shape index (κ3) is 7.34. The van der Waals surface area contributed by atoms with E-state index in [2.05, 4.69) is 5.32 Å². The molecule has 0 rings (SSSR count). The zero-order valence-corrected chi connectivity index (χ0v) is 11.8. The summed E-state index contributed by atoms with van der Waals surface area (Å²) in [6.45, 7) is 4.99. The van der Waals surface area contributed by atoms with Crippen molar-refractivity contribution in [2.75, 3.05) is 0 Å². The van der Waals surface area contributed by atoms with E-state index in [-0.39, 0.29) is 18.8 Å². The van der Waals surface area contributed by atoms with Gasteiger partial charge < -0.3 is 16.2 Å². The predicted molar refractivity (Wildman–Crippen MR) is 70.5 cm³/mol. The van der Waals surface area contributed by atoms with Gasteiger partial charge in [0.1, 0.15) is 6.04 Å². The highest BCUT2D eigenvalue weighted by molar-refractivity contribution is 5.96. The van der Waals surface area contributed by atoms with Crippen LogP contribution in [0, 0.1) is 11.8 Å². The molecule has 8 heteroatoms. The van der Waals surface area contributed by atoms with Crippen molar-refractivity contribution < 1.29 is 24.3 Å². The highest BCUT2D eigenvalue weighted by Crippen LogP contribution is 2.07. The first-order chi connectivity index (χ1) is 9.13. The Kier molecular flexibility index (Phi) is 7.27. The zero-order valence-electron chi connectivity index (χ0n) is 11.8. The minimum absolute atomic E-state index is 0.0946. The Bertz CT molecular complexity index is 395. The lowest BCUT2D eigenvalue weighted by molar-refractivity contribution is -0.138. The molecule has 20 heavy (non-hydrogen) atoms. The summed E-state index contributed by atoms with van der Waals surface area (Å²) in [6, 6.07) is -1.70. The van der Waals surface area contributed by atoms with Gasteiger partial charge in [-0.05, 0) is 11.8 Å². The summed E-state index contributed by atoms with van der Waals surface area (Å²) in [6.07, 6.45) is -0.256. The average Bonchev–Trinajstić information content (AvgIpc) is 2.22. The van der Waals surface area contributed by atoms with Crippen LogP contribution in [0.25, 0.3) is 0 Å². The number of amides is 4. The first-order valence-corrected chi connectivity index (χ1v) is 6.25. The van der Waals surface area contributed by atoms with Crippen LogP contribution in [-0.2, 0) is 14.4 Å². The monoisotopic (exact) mass is 287 g/mol. The quantitative estimate of drug-likeness (QED) is 0.514. The summed E-state index contributed by atoms with van der Waals surface area (Å²) in [5.41, 5.74) is 5.12. The summed E-state index contributed by atoms with van der Waals surface area (Å²) in [5.74, 6) is -2.91. The Morgan fingerprint density at radius 3 is 2.05 bits per heavy atom.